The SMILES string of the molecule is O=C(O)NC1CC(=O)OC1OCCN1CCOCC1. The third-order valence-corrected chi connectivity index (χ3v) is 3.06. The highest BCUT2D eigenvalue weighted by Crippen LogP contribution is 2.16. The maximum Gasteiger partial charge on any atom is 0.405 e. The van der Waals surface area contributed by atoms with Crippen molar-refractivity contribution >= 4 is 12.1 Å². The van der Waals surface area contributed by atoms with E-state index in [1.54, 1.807) is 0 Å². The van der Waals surface area contributed by atoms with Crippen LogP contribution in [0.2, 0.25) is 0 Å². The lowest BCUT2D eigenvalue weighted by atomic mass is 10.2. The van der Waals surface area contributed by atoms with Crippen LogP contribution in [0.1, 0.15) is 6.42 Å². The fraction of sp³-hybridized carbons (Fsp3) is 0.818. The van der Waals surface area contributed by atoms with Crippen LogP contribution in [0, 0.1) is 0 Å². The average Bonchev–Trinajstić information content (AvgIpc) is 2.70. The summed E-state index contributed by atoms with van der Waals surface area (Å²) in [4.78, 5) is 23.9. The zero-order chi connectivity index (χ0) is 13.7. The van der Waals surface area contributed by atoms with E-state index < -0.39 is 24.4 Å². The Bertz CT molecular complexity index is 331. The first-order valence-corrected chi connectivity index (χ1v) is 6.26. The number of nitrogens with one attached hydrogen (secondary N) is 1. The van der Waals surface area contributed by atoms with E-state index in [0.29, 0.717) is 26.4 Å². The van der Waals surface area contributed by atoms with Crippen molar-refractivity contribution in [2.45, 2.75) is 18.8 Å². The van der Waals surface area contributed by atoms with Crippen molar-refractivity contribution in [2.75, 3.05) is 39.5 Å². The number of hydrogen-bond donors (Lipinski definition) is 2. The van der Waals surface area contributed by atoms with Gasteiger partial charge in [0, 0.05) is 19.6 Å². The maximum atomic E-state index is 11.1. The number of carboxylic acid groups (broad SMARTS) is 1. The summed E-state index contributed by atoms with van der Waals surface area (Å²) >= 11 is 0. The highest BCUT2D eigenvalue weighted by atomic mass is 16.7. The minimum Gasteiger partial charge on any atom is -0.465 e. The summed E-state index contributed by atoms with van der Waals surface area (Å²) in [6.45, 7) is 4.21. The monoisotopic (exact) mass is 274 g/mol. The summed E-state index contributed by atoms with van der Waals surface area (Å²) in [6, 6.07) is -0.630. The lowest BCUT2D eigenvalue weighted by Crippen LogP contribution is -2.43. The second-order valence-corrected chi connectivity index (χ2v) is 4.44. The summed E-state index contributed by atoms with van der Waals surface area (Å²) in [5.41, 5.74) is 0. The molecule has 2 aliphatic rings. The Morgan fingerprint density at radius 1 is 1.47 bits per heavy atom. The Kier molecular flexibility index (Phi) is 4.94. The molecular formula is C11H18N2O6. The second kappa shape index (κ2) is 6.69. The number of cyclic esters (lactones) is 1. The molecule has 19 heavy (non-hydrogen) atoms. The molecule has 2 unspecified atom stereocenters. The van der Waals surface area contributed by atoms with Gasteiger partial charge < -0.3 is 24.6 Å². The van der Waals surface area contributed by atoms with Gasteiger partial charge in [0.1, 0.15) is 6.04 Å². The Morgan fingerprint density at radius 2 is 2.21 bits per heavy atom. The molecule has 2 rings (SSSR count). The van der Waals surface area contributed by atoms with Gasteiger partial charge in [-0.1, -0.05) is 0 Å². The Hall–Kier alpha value is -1.38. The lowest BCUT2D eigenvalue weighted by Gasteiger charge is -2.27. The van der Waals surface area contributed by atoms with E-state index in [1.807, 2.05) is 0 Å². The molecule has 2 fully saturated rings. The van der Waals surface area contributed by atoms with Crippen molar-refractivity contribution in [2.24, 2.45) is 0 Å². The number of amides is 1. The molecule has 2 aliphatic heterocycles. The molecule has 0 aromatic carbocycles. The van der Waals surface area contributed by atoms with Gasteiger partial charge in [0.25, 0.3) is 0 Å². The Morgan fingerprint density at radius 3 is 2.89 bits per heavy atom. The van der Waals surface area contributed by atoms with E-state index in [2.05, 4.69) is 10.2 Å². The molecule has 0 spiro atoms. The predicted octanol–water partition coefficient (Wildman–Crippen LogP) is -0.756. The van der Waals surface area contributed by atoms with Crippen molar-refractivity contribution in [3.05, 3.63) is 0 Å². The normalized spacial score (nSPS) is 28.1. The van der Waals surface area contributed by atoms with Crippen LogP contribution in [0.3, 0.4) is 0 Å². The summed E-state index contributed by atoms with van der Waals surface area (Å²) in [5.74, 6) is -0.449. The minimum atomic E-state index is -1.19. The van der Waals surface area contributed by atoms with E-state index in [-0.39, 0.29) is 6.42 Å². The number of ether oxygens (including phenoxy) is 3. The summed E-state index contributed by atoms with van der Waals surface area (Å²) in [7, 11) is 0. The van der Waals surface area contributed by atoms with E-state index in [9.17, 15) is 9.59 Å². The van der Waals surface area contributed by atoms with Crippen LogP contribution < -0.4 is 5.32 Å². The highest BCUT2D eigenvalue weighted by Gasteiger charge is 2.36. The van der Waals surface area contributed by atoms with Crippen LogP contribution in [0.5, 0.6) is 0 Å². The van der Waals surface area contributed by atoms with Crippen LogP contribution in [-0.2, 0) is 19.0 Å². The molecule has 0 aromatic heterocycles. The van der Waals surface area contributed by atoms with Crippen LogP contribution in [0.4, 0.5) is 4.79 Å². The van der Waals surface area contributed by atoms with Crippen molar-refractivity contribution in [1.82, 2.24) is 10.2 Å². The quantitative estimate of drug-likeness (QED) is 0.636. The number of morpholine rings is 1. The van der Waals surface area contributed by atoms with Crippen molar-refractivity contribution < 1.29 is 28.9 Å². The van der Waals surface area contributed by atoms with Gasteiger partial charge in [-0.15, -0.1) is 0 Å². The van der Waals surface area contributed by atoms with E-state index in [0.717, 1.165) is 13.1 Å². The molecule has 2 saturated heterocycles. The molecular weight excluding hydrogens is 256 g/mol. The summed E-state index contributed by atoms with van der Waals surface area (Å²) in [6.07, 6.45) is -2.01. The Labute approximate surface area is 110 Å². The van der Waals surface area contributed by atoms with Gasteiger partial charge in [0.2, 0.25) is 6.29 Å². The lowest BCUT2D eigenvalue weighted by molar-refractivity contribution is -0.165. The molecule has 8 nitrogen and oxygen atoms in total. The minimum absolute atomic E-state index is 0.00845. The van der Waals surface area contributed by atoms with Crippen molar-refractivity contribution in [1.29, 1.82) is 0 Å². The third-order valence-electron chi connectivity index (χ3n) is 3.06. The van der Waals surface area contributed by atoms with E-state index in [1.165, 1.54) is 0 Å². The molecule has 2 N–H and O–H groups in total. The first kappa shape index (κ1) is 14.0. The molecule has 108 valence electrons. The highest BCUT2D eigenvalue weighted by molar-refractivity contribution is 5.74. The van der Waals surface area contributed by atoms with Crippen LogP contribution >= 0.6 is 0 Å². The molecule has 2 atom stereocenters. The molecule has 8 heteroatoms. The molecule has 2 heterocycles. The largest absolute Gasteiger partial charge is 0.465 e. The standard InChI is InChI=1S/C11H18N2O6/c14-9-7-8(12-11(15)16)10(19-9)18-6-3-13-1-4-17-5-2-13/h8,10,12H,1-7H2,(H,15,16). The fourth-order valence-electron chi connectivity index (χ4n) is 2.09. The molecule has 0 aliphatic carbocycles. The first-order valence-electron chi connectivity index (χ1n) is 6.26. The number of nitrogens with zero attached hydrogens (tertiary/aromatic N) is 1. The zero-order valence-corrected chi connectivity index (χ0v) is 10.5. The van der Waals surface area contributed by atoms with Gasteiger partial charge in [0.15, 0.2) is 0 Å². The van der Waals surface area contributed by atoms with Crippen LogP contribution in [-0.4, -0.2) is 73.9 Å². The number of esters is 1. The maximum absolute atomic E-state index is 11.1. The number of hydrogen-bond acceptors (Lipinski definition) is 6. The number of carbonyl (C=O) groups is 2. The van der Waals surface area contributed by atoms with Crippen LogP contribution in [0.15, 0.2) is 0 Å². The summed E-state index contributed by atoms with van der Waals surface area (Å²) in [5, 5.41) is 10.9. The van der Waals surface area contributed by atoms with Crippen LogP contribution in [0.25, 0.3) is 0 Å². The molecule has 0 aromatic rings. The second-order valence-electron chi connectivity index (χ2n) is 4.44. The fourth-order valence-corrected chi connectivity index (χ4v) is 2.09. The van der Waals surface area contributed by atoms with Gasteiger partial charge in [-0.2, -0.15) is 0 Å². The van der Waals surface area contributed by atoms with E-state index in [4.69, 9.17) is 19.3 Å². The molecule has 0 bridgehead atoms. The van der Waals surface area contributed by atoms with Gasteiger partial charge >= 0.3 is 12.1 Å². The Balaban J connectivity index is 1.70. The van der Waals surface area contributed by atoms with Gasteiger partial charge in [-0.3, -0.25) is 9.69 Å². The molecule has 0 saturated carbocycles. The topological polar surface area (TPSA) is 97.3 Å². The van der Waals surface area contributed by atoms with Gasteiger partial charge in [-0.05, 0) is 0 Å². The summed E-state index contributed by atoms with van der Waals surface area (Å²) < 4.78 is 15.6. The van der Waals surface area contributed by atoms with Gasteiger partial charge in [0.05, 0.1) is 26.2 Å². The van der Waals surface area contributed by atoms with Gasteiger partial charge in [-0.25, -0.2) is 4.79 Å². The number of rotatable bonds is 5. The number of carbonyl (C=O) groups excluding carboxylic acids is 1. The smallest absolute Gasteiger partial charge is 0.405 e. The molecule has 0 radical (unpaired) electrons. The van der Waals surface area contributed by atoms with E-state index >= 15 is 0 Å². The molecule has 1 amide bonds. The van der Waals surface area contributed by atoms with Crippen molar-refractivity contribution in [3.8, 4) is 0 Å². The zero-order valence-electron chi connectivity index (χ0n) is 10.5. The third kappa shape index (κ3) is 4.34. The van der Waals surface area contributed by atoms with Crippen molar-refractivity contribution in [3.63, 3.8) is 0 Å². The average molecular weight is 274 g/mol. The predicted molar refractivity (Wildman–Crippen MR) is 62.7 cm³/mol. The first-order chi connectivity index (χ1) is 9.15.